The van der Waals surface area contributed by atoms with Crippen LogP contribution in [0, 0.1) is 17.7 Å². The summed E-state index contributed by atoms with van der Waals surface area (Å²) in [5.74, 6) is 4.37. The molecule has 2 rings (SSSR count). The van der Waals surface area contributed by atoms with Gasteiger partial charge in [0.05, 0.1) is 18.5 Å². The lowest BCUT2D eigenvalue weighted by atomic mass is 10.2. The predicted molar refractivity (Wildman–Crippen MR) is 69.0 cm³/mol. The summed E-state index contributed by atoms with van der Waals surface area (Å²) in [6.45, 7) is 0.207. The summed E-state index contributed by atoms with van der Waals surface area (Å²) in [7, 11) is 0. The van der Waals surface area contributed by atoms with Gasteiger partial charge in [-0.25, -0.2) is 4.39 Å². The molecule has 0 fully saturated rings. The molecule has 0 aliphatic rings. The Bertz CT molecular complexity index is 639. The Labute approximate surface area is 109 Å². The molecule has 0 aliphatic heterocycles. The minimum atomic E-state index is -0.566. The quantitative estimate of drug-likeness (QED) is 0.809. The molecule has 0 spiro atoms. The number of hydrogen-bond donors (Lipinski definition) is 2. The molecule has 0 aliphatic carbocycles. The number of hydrogen-bond acceptors (Lipinski definition) is 3. The zero-order chi connectivity index (χ0) is 13.7. The molecule has 0 saturated carbocycles. The number of halogens is 1. The number of benzene rings is 1. The topological polar surface area (TPSA) is 68.3 Å². The summed E-state index contributed by atoms with van der Waals surface area (Å²) >= 11 is 0. The fourth-order valence-corrected chi connectivity index (χ4v) is 1.44. The lowest BCUT2D eigenvalue weighted by Crippen LogP contribution is -2.12. The number of carbonyl (C=O) groups excluding carboxylic acids is 1. The lowest BCUT2D eigenvalue weighted by Gasteiger charge is -2.04. The molecule has 2 aromatic rings. The number of rotatable bonds is 2. The highest BCUT2D eigenvalue weighted by molar-refractivity contribution is 6.02. The SMILES string of the molecule is NCC#Cc1ccc(NC(=O)c2ccco2)c(F)c1. The van der Waals surface area contributed by atoms with E-state index < -0.39 is 11.7 Å². The summed E-state index contributed by atoms with van der Waals surface area (Å²) in [6, 6.07) is 7.35. The smallest absolute Gasteiger partial charge is 0.291 e. The summed E-state index contributed by atoms with van der Waals surface area (Å²) < 4.78 is 18.6. The molecule has 0 atom stereocenters. The Morgan fingerprint density at radius 1 is 1.42 bits per heavy atom. The summed E-state index contributed by atoms with van der Waals surface area (Å²) in [4.78, 5) is 11.7. The second kappa shape index (κ2) is 5.85. The maximum absolute atomic E-state index is 13.7. The number of nitrogens with one attached hydrogen (secondary N) is 1. The van der Waals surface area contributed by atoms with Crippen molar-refractivity contribution in [3.05, 3.63) is 53.7 Å². The van der Waals surface area contributed by atoms with Crippen molar-refractivity contribution in [2.45, 2.75) is 0 Å². The van der Waals surface area contributed by atoms with E-state index in [1.165, 1.54) is 24.5 Å². The number of amides is 1. The molecule has 1 aromatic heterocycles. The third-order valence-electron chi connectivity index (χ3n) is 2.30. The van der Waals surface area contributed by atoms with Gasteiger partial charge in [0, 0.05) is 5.56 Å². The first-order valence-electron chi connectivity index (χ1n) is 5.54. The van der Waals surface area contributed by atoms with Gasteiger partial charge in [-0.1, -0.05) is 11.8 Å². The Balaban J connectivity index is 2.15. The first kappa shape index (κ1) is 12.9. The zero-order valence-corrected chi connectivity index (χ0v) is 9.94. The van der Waals surface area contributed by atoms with Crippen molar-refractivity contribution in [1.82, 2.24) is 0 Å². The van der Waals surface area contributed by atoms with Crippen LogP contribution in [0.25, 0.3) is 0 Å². The van der Waals surface area contributed by atoms with E-state index in [1.54, 1.807) is 12.1 Å². The summed E-state index contributed by atoms with van der Waals surface area (Å²) in [5.41, 5.74) is 5.80. The van der Waals surface area contributed by atoms with Gasteiger partial charge in [0.15, 0.2) is 5.76 Å². The van der Waals surface area contributed by atoms with E-state index in [4.69, 9.17) is 10.2 Å². The van der Waals surface area contributed by atoms with Gasteiger partial charge in [-0.2, -0.15) is 0 Å². The maximum atomic E-state index is 13.7. The van der Waals surface area contributed by atoms with Gasteiger partial charge in [-0.3, -0.25) is 4.79 Å². The van der Waals surface area contributed by atoms with E-state index >= 15 is 0 Å². The average Bonchev–Trinajstić information content (AvgIpc) is 2.93. The fourth-order valence-electron chi connectivity index (χ4n) is 1.44. The number of anilines is 1. The van der Waals surface area contributed by atoms with Crippen LogP contribution in [0.15, 0.2) is 41.0 Å². The standard InChI is InChI=1S/C14H11FN2O2/c15-11-9-10(3-1-7-16)5-6-12(11)17-14(18)13-4-2-8-19-13/h2,4-6,8-9H,7,16H2,(H,17,18). The molecule has 1 heterocycles. The number of furan rings is 1. The third kappa shape index (κ3) is 3.21. The second-order valence-corrected chi connectivity index (χ2v) is 3.63. The van der Waals surface area contributed by atoms with Gasteiger partial charge >= 0.3 is 0 Å². The van der Waals surface area contributed by atoms with Crippen LogP contribution >= 0.6 is 0 Å². The minimum Gasteiger partial charge on any atom is -0.459 e. The van der Waals surface area contributed by atoms with E-state index in [0.29, 0.717) is 5.56 Å². The highest BCUT2D eigenvalue weighted by Crippen LogP contribution is 2.16. The molecule has 0 radical (unpaired) electrons. The van der Waals surface area contributed by atoms with Crippen molar-refractivity contribution >= 4 is 11.6 Å². The molecule has 0 bridgehead atoms. The van der Waals surface area contributed by atoms with Crippen molar-refractivity contribution in [2.75, 3.05) is 11.9 Å². The first-order chi connectivity index (χ1) is 9.20. The predicted octanol–water partition coefficient (Wildman–Crippen LogP) is 1.98. The second-order valence-electron chi connectivity index (χ2n) is 3.63. The highest BCUT2D eigenvalue weighted by atomic mass is 19.1. The van der Waals surface area contributed by atoms with Crippen molar-refractivity contribution in [3.8, 4) is 11.8 Å². The van der Waals surface area contributed by atoms with Crippen LogP contribution in [0.2, 0.25) is 0 Å². The van der Waals surface area contributed by atoms with E-state index in [2.05, 4.69) is 17.2 Å². The van der Waals surface area contributed by atoms with Crippen LogP contribution in [0.1, 0.15) is 16.1 Å². The minimum absolute atomic E-state index is 0.0692. The Morgan fingerprint density at radius 3 is 2.89 bits per heavy atom. The van der Waals surface area contributed by atoms with Gasteiger partial charge in [0.25, 0.3) is 5.91 Å². The van der Waals surface area contributed by atoms with Crippen LogP contribution < -0.4 is 11.1 Å². The molecule has 0 unspecified atom stereocenters. The molecule has 5 heteroatoms. The van der Waals surface area contributed by atoms with Gasteiger partial charge in [-0.15, -0.1) is 0 Å². The van der Waals surface area contributed by atoms with Gasteiger partial charge in [0.2, 0.25) is 0 Å². The van der Waals surface area contributed by atoms with Crippen molar-refractivity contribution in [1.29, 1.82) is 0 Å². The van der Waals surface area contributed by atoms with Crippen LogP contribution in [0.5, 0.6) is 0 Å². The summed E-state index contributed by atoms with van der Waals surface area (Å²) in [5, 5.41) is 2.42. The lowest BCUT2D eigenvalue weighted by molar-refractivity contribution is 0.0996. The van der Waals surface area contributed by atoms with Crippen molar-refractivity contribution in [3.63, 3.8) is 0 Å². The van der Waals surface area contributed by atoms with Crippen LogP contribution in [0.3, 0.4) is 0 Å². The van der Waals surface area contributed by atoms with E-state index in [1.807, 2.05) is 0 Å². The van der Waals surface area contributed by atoms with Gasteiger partial charge < -0.3 is 15.5 Å². The molecule has 19 heavy (non-hydrogen) atoms. The zero-order valence-electron chi connectivity index (χ0n) is 9.94. The normalized spacial score (nSPS) is 9.58. The molecule has 4 nitrogen and oxygen atoms in total. The maximum Gasteiger partial charge on any atom is 0.291 e. The molecule has 1 amide bonds. The summed E-state index contributed by atoms with van der Waals surface area (Å²) in [6.07, 6.45) is 1.37. The molecule has 3 N–H and O–H groups in total. The van der Waals surface area contributed by atoms with Crippen molar-refractivity contribution < 1.29 is 13.6 Å². The molecule has 0 saturated heterocycles. The Hall–Kier alpha value is -2.58. The molecule has 1 aromatic carbocycles. The van der Waals surface area contributed by atoms with Crippen LogP contribution in [-0.4, -0.2) is 12.5 Å². The molecule has 96 valence electrons. The third-order valence-corrected chi connectivity index (χ3v) is 2.30. The van der Waals surface area contributed by atoms with E-state index in [9.17, 15) is 9.18 Å². The average molecular weight is 258 g/mol. The fraction of sp³-hybridized carbons (Fsp3) is 0.0714. The molecular formula is C14H11FN2O2. The number of carbonyl (C=O) groups is 1. The molecular weight excluding hydrogens is 247 g/mol. The van der Waals surface area contributed by atoms with Crippen LogP contribution in [-0.2, 0) is 0 Å². The van der Waals surface area contributed by atoms with Gasteiger partial charge in [-0.05, 0) is 30.3 Å². The highest BCUT2D eigenvalue weighted by Gasteiger charge is 2.11. The first-order valence-corrected chi connectivity index (χ1v) is 5.54. The largest absolute Gasteiger partial charge is 0.459 e. The Morgan fingerprint density at radius 2 is 2.26 bits per heavy atom. The van der Waals surface area contributed by atoms with Gasteiger partial charge in [0.1, 0.15) is 5.82 Å². The van der Waals surface area contributed by atoms with Crippen LogP contribution in [0.4, 0.5) is 10.1 Å². The van der Waals surface area contributed by atoms with E-state index in [-0.39, 0.29) is 18.0 Å². The Kier molecular flexibility index (Phi) is 3.96. The van der Waals surface area contributed by atoms with Crippen molar-refractivity contribution in [2.24, 2.45) is 5.73 Å². The number of nitrogens with two attached hydrogens (primary N) is 1. The van der Waals surface area contributed by atoms with E-state index in [0.717, 1.165) is 0 Å². The monoisotopic (exact) mass is 258 g/mol.